The highest BCUT2D eigenvalue weighted by molar-refractivity contribution is 5.28. The molecule has 0 saturated heterocycles. The van der Waals surface area contributed by atoms with Crippen molar-refractivity contribution in [3.05, 3.63) is 17.5 Å². The lowest BCUT2D eigenvalue weighted by Crippen LogP contribution is -1.72. The molecule has 0 spiro atoms. The zero-order chi connectivity index (χ0) is 5.98. The minimum atomic E-state index is 0.616. The molecule has 3 heteroatoms. The van der Waals surface area contributed by atoms with Crippen LogP contribution in [0.1, 0.15) is 11.3 Å². The number of H-pyrrole nitrogens is 1. The van der Waals surface area contributed by atoms with Gasteiger partial charge < -0.3 is 0 Å². The molecule has 1 N–H and O–H groups in total. The van der Waals surface area contributed by atoms with Crippen molar-refractivity contribution in [3.8, 4) is 6.07 Å². The first kappa shape index (κ1) is 4.85. The first-order valence-electron chi connectivity index (χ1n) is 2.25. The number of nitrogens with one attached hydrogen (secondary N) is 1. The molecule has 0 fully saturated rings. The number of hydrogen-bond donors (Lipinski definition) is 1. The lowest BCUT2D eigenvalue weighted by Gasteiger charge is -1.74. The molecule has 1 rings (SSSR count). The number of rotatable bonds is 0. The van der Waals surface area contributed by atoms with E-state index in [0.717, 1.165) is 5.69 Å². The Kier molecular flexibility index (Phi) is 1.01. The van der Waals surface area contributed by atoms with Gasteiger partial charge in [0.25, 0.3) is 0 Å². The molecule has 0 aromatic carbocycles. The molecule has 1 aromatic rings. The van der Waals surface area contributed by atoms with Crippen LogP contribution in [0.2, 0.25) is 0 Å². The Labute approximate surface area is 47.0 Å². The second kappa shape index (κ2) is 1.66. The molecule has 40 valence electrons. The van der Waals surface area contributed by atoms with Crippen LogP contribution in [0.15, 0.2) is 6.20 Å². The highest BCUT2D eigenvalue weighted by atomic mass is 15.1. The Bertz CT molecular complexity index is 218. The van der Waals surface area contributed by atoms with E-state index in [2.05, 4.69) is 10.2 Å². The predicted molar refractivity (Wildman–Crippen MR) is 28.0 cm³/mol. The van der Waals surface area contributed by atoms with Crippen molar-refractivity contribution in [1.82, 2.24) is 10.2 Å². The summed E-state index contributed by atoms with van der Waals surface area (Å²) in [6, 6.07) is 1.98. The molecule has 1 aromatic heterocycles. The fourth-order valence-electron chi connectivity index (χ4n) is 0.471. The molecule has 0 unspecified atom stereocenters. The van der Waals surface area contributed by atoms with Crippen LogP contribution < -0.4 is 0 Å². The van der Waals surface area contributed by atoms with Gasteiger partial charge in [0.15, 0.2) is 0 Å². The SMILES string of the molecule is Cc1n[nH]cc1C#N. The van der Waals surface area contributed by atoms with Crippen molar-refractivity contribution in [3.63, 3.8) is 0 Å². The Morgan fingerprint density at radius 1 is 1.88 bits per heavy atom. The third-order valence-corrected chi connectivity index (χ3v) is 0.951. The summed E-state index contributed by atoms with van der Waals surface area (Å²) in [7, 11) is 0. The maximum atomic E-state index is 8.30. The monoisotopic (exact) mass is 107 g/mol. The second-order valence-corrected chi connectivity index (χ2v) is 1.50. The number of aryl methyl sites for hydroxylation is 1. The quantitative estimate of drug-likeness (QED) is 0.527. The third-order valence-electron chi connectivity index (χ3n) is 0.951. The number of aromatic nitrogens is 2. The number of aromatic amines is 1. The molecular formula is C5H5N3. The van der Waals surface area contributed by atoms with Gasteiger partial charge in [-0.2, -0.15) is 10.4 Å². The van der Waals surface area contributed by atoms with E-state index < -0.39 is 0 Å². The standard InChI is InChI=1S/C5H5N3/c1-4-5(2-6)3-7-8-4/h3H,1H3,(H,7,8). The van der Waals surface area contributed by atoms with E-state index in [0.29, 0.717) is 5.56 Å². The predicted octanol–water partition coefficient (Wildman–Crippen LogP) is 0.590. The van der Waals surface area contributed by atoms with E-state index in [4.69, 9.17) is 5.26 Å². The summed E-state index contributed by atoms with van der Waals surface area (Å²) >= 11 is 0. The van der Waals surface area contributed by atoms with E-state index in [1.54, 1.807) is 13.1 Å². The molecule has 0 bridgehead atoms. The van der Waals surface area contributed by atoms with E-state index >= 15 is 0 Å². The summed E-state index contributed by atoms with van der Waals surface area (Å²) in [4.78, 5) is 0. The minimum absolute atomic E-state index is 0.616. The first-order valence-corrected chi connectivity index (χ1v) is 2.25. The third kappa shape index (κ3) is 0.562. The molecule has 0 amide bonds. The van der Waals surface area contributed by atoms with E-state index in [-0.39, 0.29) is 0 Å². The summed E-state index contributed by atoms with van der Waals surface area (Å²) in [5.74, 6) is 0. The molecule has 0 aliphatic rings. The summed E-state index contributed by atoms with van der Waals surface area (Å²) in [6.07, 6.45) is 1.58. The van der Waals surface area contributed by atoms with Crippen LogP contribution in [0.25, 0.3) is 0 Å². The van der Waals surface area contributed by atoms with Gasteiger partial charge in [-0.1, -0.05) is 0 Å². The Morgan fingerprint density at radius 3 is 2.88 bits per heavy atom. The molecule has 0 saturated carbocycles. The first-order chi connectivity index (χ1) is 3.84. The minimum Gasteiger partial charge on any atom is -0.284 e. The van der Waals surface area contributed by atoms with Crippen LogP contribution in [-0.4, -0.2) is 10.2 Å². The van der Waals surface area contributed by atoms with Crippen LogP contribution in [0.3, 0.4) is 0 Å². The molecule has 3 nitrogen and oxygen atoms in total. The Morgan fingerprint density at radius 2 is 2.62 bits per heavy atom. The van der Waals surface area contributed by atoms with E-state index in [1.807, 2.05) is 6.07 Å². The van der Waals surface area contributed by atoms with Crippen LogP contribution >= 0.6 is 0 Å². The molecule has 0 radical (unpaired) electrons. The summed E-state index contributed by atoms with van der Waals surface area (Å²) in [6.45, 7) is 1.79. The molecule has 0 atom stereocenters. The lowest BCUT2D eigenvalue weighted by molar-refractivity contribution is 1.05. The fraction of sp³-hybridized carbons (Fsp3) is 0.200. The van der Waals surface area contributed by atoms with Crippen molar-refractivity contribution < 1.29 is 0 Å². The Balaban J connectivity index is 3.15. The second-order valence-electron chi connectivity index (χ2n) is 1.50. The van der Waals surface area contributed by atoms with Gasteiger partial charge in [0, 0.05) is 6.20 Å². The molecule has 0 aliphatic carbocycles. The summed E-state index contributed by atoms with van der Waals surface area (Å²) in [5.41, 5.74) is 1.37. The van der Waals surface area contributed by atoms with E-state index in [9.17, 15) is 0 Å². The van der Waals surface area contributed by atoms with Gasteiger partial charge in [0.2, 0.25) is 0 Å². The van der Waals surface area contributed by atoms with Gasteiger partial charge in [0.05, 0.1) is 11.3 Å². The molecule has 0 aliphatic heterocycles. The zero-order valence-electron chi connectivity index (χ0n) is 4.47. The highest BCUT2D eigenvalue weighted by Gasteiger charge is 1.94. The van der Waals surface area contributed by atoms with Crippen LogP contribution in [0.5, 0.6) is 0 Å². The van der Waals surface area contributed by atoms with Crippen LogP contribution in [0.4, 0.5) is 0 Å². The Hall–Kier alpha value is -1.30. The molecular weight excluding hydrogens is 102 g/mol. The van der Waals surface area contributed by atoms with E-state index in [1.165, 1.54) is 0 Å². The lowest BCUT2D eigenvalue weighted by atomic mass is 10.3. The average Bonchev–Trinajstić information content (AvgIpc) is 2.14. The maximum Gasteiger partial charge on any atom is 0.103 e. The van der Waals surface area contributed by atoms with Crippen LogP contribution in [0, 0.1) is 18.3 Å². The van der Waals surface area contributed by atoms with Crippen molar-refractivity contribution in [1.29, 1.82) is 5.26 Å². The fourth-order valence-corrected chi connectivity index (χ4v) is 0.471. The zero-order valence-corrected chi connectivity index (χ0v) is 4.47. The summed E-state index contributed by atoms with van der Waals surface area (Å²) in [5, 5.41) is 14.6. The van der Waals surface area contributed by atoms with Crippen LogP contribution in [-0.2, 0) is 0 Å². The largest absolute Gasteiger partial charge is 0.284 e. The van der Waals surface area contributed by atoms with Gasteiger partial charge in [-0.15, -0.1) is 0 Å². The van der Waals surface area contributed by atoms with Crippen molar-refractivity contribution in [2.45, 2.75) is 6.92 Å². The van der Waals surface area contributed by atoms with Gasteiger partial charge in [-0.05, 0) is 6.92 Å². The average molecular weight is 107 g/mol. The molecule has 8 heavy (non-hydrogen) atoms. The molecule has 1 heterocycles. The number of nitrogens with zero attached hydrogens (tertiary/aromatic N) is 2. The van der Waals surface area contributed by atoms with Crippen molar-refractivity contribution in [2.75, 3.05) is 0 Å². The van der Waals surface area contributed by atoms with Crippen molar-refractivity contribution in [2.24, 2.45) is 0 Å². The van der Waals surface area contributed by atoms with Gasteiger partial charge in [-0.25, -0.2) is 0 Å². The summed E-state index contributed by atoms with van der Waals surface area (Å²) < 4.78 is 0. The highest BCUT2D eigenvalue weighted by Crippen LogP contribution is 1.97. The number of hydrogen-bond acceptors (Lipinski definition) is 2. The maximum absolute atomic E-state index is 8.30. The van der Waals surface area contributed by atoms with Crippen molar-refractivity contribution >= 4 is 0 Å². The normalized spacial score (nSPS) is 8.50. The van der Waals surface area contributed by atoms with Gasteiger partial charge in [-0.3, -0.25) is 5.10 Å². The number of nitriles is 1. The topological polar surface area (TPSA) is 52.5 Å². The van der Waals surface area contributed by atoms with Gasteiger partial charge >= 0.3 is 0 Å². The smallest absolute Gasteiger partial charge is 0.103 e. The van der Waals surface area contributed by atoms with Gasteiger partial charge in [0.1, 0.15) is 6.07 Å².